The lowest BCUT2D eigenvalue weighted by Gasteiger charge is -2.32. The van der Waals surface area contributed by atoms with Gasteiger partial charge in [-0.3, -0.25) is 9.69 Å². The molecule has 1 amide bonds. The highest BCUT2D eigenvalue weighted by Crippen LogP contribution is 2.16. The number of piperidine rings is 1. The van der Waals surface area contributed by atoms with Crippen molar-refractivity contribution in [2.45, 2.75) is 31.8 Å². The van der Waals surface area contributed by atoms with Crippen LogP contribution in [0.1, 0.15) is 24.0 Å². The highest BCUT2D eigenvalue weighted by atomic mass is 79.9. The van der Waals surface area contributed by atoms with Crippen molar-refractivity contribution >= 4 is 33.4 Å². The number of amides is 1. The molecular weight excluding hydrogens is 400 g/mol. The van der Waals surface area contributed by atoms with E-state index in [9.17, 15) is 4.79 Å². The van der Waals surface area contributed by atoms with Crippen LogP contribution in [-0.4, -0.2) is 29.9 Å². The summed E-state index contributed by atoms with van der Waals surface area (Å²) in [6.45, 7) is 2.95. The molecule has 0 aliphatic carbocycles. The molecule has 0 atom stereocenters. The number of nitrogens with one attached hydrogen (secondary N) is 1. The van der Waals surface area contributed by atoms with Gasteiger partial charge < -0.3 is 5.32 Å². The number of carbonyl (C=O) groups excluding carboxylic acids is 1. The van der Waals surface area contributed by atoms with Crippen LogP contribution in [0.25, 0.3) is 0 Å². The van der Waals surface area contributed by atoms with Crippen molar-refractivity contribution in [2.24, 2.45) is 0 Å². The molecule has 1 aliphatic rings. The second kappa shape index (κ2) is 8.84. The lowest BCUT2D eigenvalue weighted by molar-refractivity contribution is -0.121. The zero-order chi connectivity index (χ0) is 17.6. The van der Waals surface area contributed by atoms with Crippen LogP contribution < -0.4 is 5.32 Å². The van der Waals surface area contributed by atoms with E-state index in [0.29, 0.717) is 6.42 Å². The molecule has 0 bridgehead atoms. The number of likely N-dealkylation sites (tertiary alicyclic amines) is 1. The molecule has 2 aromatic carbocycles. The van der Waals surface area contributed by atoms with Crippen LogP contribution in [0, 0.1) is 0 Å². The average Bonchev–Trinajstić information content (AvgIpc) is 2.61. The Morgan fingerprint density at radius 2 is 1.64 bits per heavy atom. The van der Waals surface area contributed by atoms with Gasteiger partial charge in [-0.15, -0.1) is 0 Å². The molecule has 0 radical (unpaired) electrons. The summed E-state index contributed by atoms with van der Waals surface area (Å²) in [5.74, 6) is 0.110. The van der Waals surface area contributed by atoms with Gasteiger partial charge in [0.25, 0.3) is 0 Å². The highest BCUT2D eigenvalue weighted by Gasteiger charge is 2.20. The SMILES string of the molecule is O=C(Cc1ccc(Br)cc1)NC1CCN(Cc2ccc(Cl)cc2)CC1. The van der Waals surface area contributed by atoms with E-state index in [1.807, 2.05) is 36.4 Å². The minimum atomic E-state index is 0.110. The average molecular weight is 422 g/mol. The molecule has 1 aliphatic heterocycles. The summed E-state index contributed by atoms with van der Waals surface area (Å²) in [5.41, 5.74) is 2.32. The van der Waals surface area contributed by atoms with Crippen LogP contribution in [0.2, 0.25) is 5.02 Å². The van der Waals surface area contributed by atoms with Crippen LogP contribution in [0.15, 0.2) is 53.0 Å². The third-order valence-electron chi connectivity index (χ3n) is 4.55. The van der Waals surface area contributed by atoms with E-state index in [1.54, 1.807) is 0 Å². The summed E-state index contributed by atoms with van der Waals surface area (Å²) in [6, 6.07) is 16.2. The maximum atomic E-state index is 12.2. The largest absolute Gasteiger partial charge is 0.353 e. The fourth-order valence-electron chi connectivity index (χ4n) is 3.15. The van der Waals surface area contributed by atoms with E-state index in [4.69, 9.17) is 11.6 Å². The van der Waals surface area contributed by atoms with Crippen molar-refractivity contribution in [3.05, 3.63) is 69.2 Å². The summed E-state index contributed by atoms with van der Waals surface area (Å²) >= 11 is 9.34. The van der Waals surface area contributed by atoms with Gasteiger partial charge in [-0.25, -0.2) is 0 Å². The van der Waals surface area contributed by atoms with Crippen molar-refractivity contribution in [2.75, 3.05) is 13.1 Å². The van der Waals surface area contributed by atoms with E-state index < -0.39 is 0 Å². The number of rotatable bonds is 5. The lowest BCUT2D eigenvalue weighted by atomic mass is 10.0. The molecule has 3 rings (SSSR count). The van der Waals surface area contributed by atoms with E-state index in [1.165, 1.54) is 5.56 Å². The number of hydrogen-bond acceptors (Lipinski definition) is 2. The molecule has 0 spiro atoms. The molecule has 1 fully saturated rings. The second-order valence-electron chi connectivity index (χ2n) is 6.55. The minimum Gasteiger partial charge on any atom is -0.353 e. The summed E-state index contributed by atoms with van der Waals surface area (Å²) in [5, 5.41) is 3.95. The number of benzene rings is 2. The first-order chi connectivity index (χ1) is 12.1. The summed E-state index contributed by atoms with van der Waals surface area (Å²) in [7, 11) is 0. The molecule has 0 aromatic heterocycles. The van der Waals surface area contributed by atoms with Gasteiger partial charge in [0.15, 0.2) is 0 Å². The van der Waals surface area contributed by atoms with Gasteiger partial charge in [-0.05, 0) is 48.2 Å². The number of hydrogen-bond donors (Lipinski definition) is 1. The molecular formula is C20H22BrClN2O. The number of nitrogens with zero attached hydrogens (tertiary/aromatic N) is 1. The number of carbonyl (C=O) groups is 1. The van der Waals surface area contributed by atoms with Crippen molar-refractivity contribution in [1.82, 2.24) is 10.2 Å². The highest BCUT2D eigenvalue weighted by molar-refractivity contribution is 9.10. The second-order valence-corrected chi connectivity index (χ2v) is 7.90. The molecule has 2 aromatic rings. The van der Waals surface area contributed by atoms with Crippen LogP contribution in [-0.2, 0) is 17.8 Å². The first-order valence-electron chi connectivity index (χ1n) is 8.59. The van der Waals surface area contributed by atoms with Gasteiger partial charge in [0.2, 0.25) is 5.91 Å². The van der Waals surface area contributed by atoms with Gasteiger partial charge in [0.05, 0.1) is 6.42 Å². The first kappa shape index (κ1) is 18.4. The molecule has 0 saturated carbocycles. The monoisotopic (exact) mass is 420 g/mol. The van der Waals surface area contributed by atoms with Crippen molar-refractivity contribution in [1.29, 1.82) is 0 Å². The van der Waals surface area contributed by atoms with Gasteiger partial charge >= 0.3 is 0 Å². The quantitative estimate of drug-likeness (QED) is 0.775. The fourth-order valence-corrected chi connectivity index (χ4v) is 3.54. The zero-order valence-electron chi connectivity index (χ0n) is 14.1. The topological polar surface area (TPSA) is 32.3 Å². The number of halogens is 2. The van der Waals surface area contributed by atoms with Crippen molar-refractivity contribution < 1.29 is 4.79 Å². The maximum absolute atomic E-state index is 12.2. The first-order valence-corrected chi connectivity index (χ1v) is 9.76. The molecule has 25 heavy (non-hydrogen) atoms. The lowest BCUT2D eigenvalue weighted by Crippen LogP contribution is -2.44. The Morgan fingerprint density at radius 3 is 2.28 bits per heavy atom. The van der Waals surface area contributed by atoms with Crippen molar-refractivity contribution in [3.8, 4) is 0 Å². The van der Waals surface area contributed by atoms with Crippen LogP contribution in [0.3, 0.4) is 0 Å². The van der Waals surface area contributed by atoms with Crippen LogP contribution in [0.5, 0.6) is 0 Å². The molecule has 5 heteroatoms. The third kappa shape index (κ3) is 5.84. The fraction of sp³-hybridized carbons (Fsp3) is 0.350. The normalized spacial score (nSPS) is 15.9. The molecule has 1 saturated heterocycles. The Hall–Kier alpha value is -1.36. The van der Waals surface area contributed by atoms with Crippen LogP contribution >= 0.6 is 27.5 Å². The van der Waals surface area contributed by atoms with Gasteiger partial charge in [-0.2, -0.15) is 0 Å². The molecule has 1 N–H and O–H groups in total. The molecule has 0 unspecified atom stereocenters. The van der Waals surface area contributed by atoms with E-state index in [0.717, 1.165) is 47.5 Å². The summed E-state index contributed by atoms with van der Waals surface area (Å²) in [4.78, 5) is 14.7. The predicted octanol–water partition coefficient (Wildman–Crippen LogP) is 4.43. The Labute approximate surface area is 162 Å². The Bertz CT molecular complexity index is 695. The van der Waals surface area contributed by atoms with Gasteiger partial charge in [0.1, 0.15) is 0 Å². The van der Waals surface area contributed by atoms with E-state index in [-0.39, 0.29) is 11.9 Å². The van der Waals surface area contributed by atoms with Gasteiger partial charge in [-0.1, -0.05) is 51.8 Å². The molecule has 1 heterocycles. The summed E-state index contributed by atoms with van der Waals surface area (Å²) in [6.07, 6.45) is 2.44. The zero-order valence-corrected chi connectivity index (χ0v) is 16.4. The van der Waals surface area contributed by atoms with Gasteiger partial charge in [0, 0.05) is 35.2 Å². The Balaban J connectivity index is 1.42. The van der Waals surface area contributed by atoms with Crippen molar-refractivity contribution in [3.63, 3.8) is 0 Å². The molecule has 132 valence electrons. The van der Waals surface area contributed by atoms with E-state index >= 15 is 0 Å². The predicted molar refractivity (Wildman–Crippen MR) is 106 cm³/mol. The standard InChI is InChI=1S/C20H22BrClN2O/c21-17-5-1-15(2-6-17)13-20(25)23-19-9-11-24(12-10-19)14-16-3-7-18(22)8-4-16/h1-8,19H,9-14H2,(H,23,25). The Kier molecular flexibility index (Phi) is 6.51. The smallest absolute Gasteiger partial charge is 0.224 e. The Morgan fingerprint density at radius 1 is 1.04 bits per heavy atom. The van der Waals surface area contributed by atoms with E-state index in [2.05, 4.69) is 38.3 Å². The summed E-state index contributed by atoms with van der Waals surface area (Å²) < 4.78 is 1.03. The maximum Gasteiger partial charge on any atom is 0.224 e. The molecule has 3 nitrogen and oxygen atoms in total. The minimum absolute atomic E-state index is 0.110. The third-order valence-corrected chi connectivity index (χ3v) is 5.33. The van der Waals surface area contributed by atoms with Crippen LogP contribution in [0.4, 0.5) is 0 Å².